The molecule has 3 unspecified atom stereocenters. The number of furan rings is 1. The lowest BCUT2D eigenvalue weighted by Crippen LogP contribution is -2.51. The minimum atomic E-state index is -1.93. The molecule has 12 nitrogen and oxygen atoms in total. The number of anilines is 1. The number of Topliss-reactive ketones (excluding diaryl/α,β-unsaturated/α-hetero) is 1. The van der Waals surface area contributed by atoms with Gasteiger partial charge in [0, 0.05) is 24.7 Å². The monoisotopic (exact) mass is 702 g/mol. The minimum absolute atomic E-state index is 0.0211. The summed E-state index contributed by atoms with van der Waals surface area (Å²) in [7, 11) is 0. The molecule has 3 aromatic rings. The van der Waals surface area contributed by atoms with Crippen LogP contribution < -0.4 is 5.32 Å². The van der Waals surface area contributed by atoms with E-state index < -0.39 is 71.0 Å². The first-order chi connectivity index (χ1) is 23.8. The molecule has 0 aliphatic heterocycles. The third-order valence-electron chi connectivity index (χ3n) is 7.39. The highest BCUT2D eigenvalue weighted by atomic mass is 16.6. The summed E-state index contributed by atoms with van der Waals surface area (Å²) < 4.78 is 16.9. The topological polar surface area (TPSA) is 170 Å². The quantitative estimate of drug-likeness (QED) is 0.109. The molecule has 51 heavy (non-hydrogen) atoms. The van der Waals surface area contributed by atoms with E-state index in [0.29, 0.717) is 5.69 Å². The largest absolute Gasteiger partial charge is 0.481 e. The van der Waals surface area contributed by atoms with Crippen LogP contribution in [0.15, 0.2) is 83.3 Å². The number of para-hydroxylation sites is 1. The summed E-state index contributed by atoms with van der Waals surface area (Å²) in [6.45, 7) is 11.0. The van der Waals surface area contributed by atoms with Crippen LogP contribution in [0.1, 0.15) is 76.8 Å². The van der Waals surface area contributed by atoms with Gasteiger partial charge < -0.3 is 29.2 Å². The van der Waals surface area contributed by atoms with Gasteiger partial charge in [0.15, 0.2) is 5.76 Å². The average molecular weight is 703 g/mol. The van der Waals surface area contributed by atoms with Crippen LogP contribution in [0.25, 0.3) is 6.08 Å². The van der Waals surface area contributed by atoms with Gasteiger partial charge in [-0.05, 0) is 78.3 Å². The van der Waals surface area contributed by atoms with Crippen LogP contribution in [0.3, 0.4) is 0 Å². The zero-order valence-corrected chi connectivity index (χ0v) is 30.0. The molecule has 12 heteroatoms. The van der Waals surface area contributed by atoms with Crippen molar-refractivity contribution in [3.05, 3.63) is 96.0 Å². The predicted molar refractivity (Wildman–Crippen MR) is 189 cm³/mol. The number of ketones is 1. The van der Waals surface area contributed by atoms with Gasteiger partial charge in [-0.1, -0.05) is 60.7 Å². The van der Waals surface area contributed by atoms with E-state index in [1.54, 1.807) is 84.9 Å². The number of rotatable bonds is 15. The average Bonchev–Trinajstić information content (AvgIpc) is 3.52. The number of carboxylic acid groups (broad SMARTS) is 1. The normalized spacial score (nSPS) is 13.5. The van der Waals surface area contributed by atoms with Crippen molar-refractivity contribution in [1.29, 1.82) is 0 Å². The summed E-state index contributed by atoms with van der Waals surface area (Å²) in [5, 5.41) is 12.3. The fourth-order valence-electron chi connectivity index (χ4n) is 5.01. The predicted octanol–water partition coefficient (Wildman–Crippen LogP) is 5.96. The number of hydrogen-bond donors (Lipinski definition) is 2. The molecule has 0 aliphatic carbocycles. The molecular formula is C39H46N2O10. The van der Waals surface area contributed by atoms with Gasteiger partial charge >= 0.3 is 17.9 Å². The van der Waals surface area contributed by atoms with Crippen molar-refractivity contribution >= 4 is 47.3 Å². The number of carbonyl (C=O) groups is 6. The zero-order chi connectivity index (χ0) is 37.9. The highest BCUT2D eigenvalue weighted by Crippen LogP contribution is 2.25. The van der Waals surface area contributed by atoms with E-state index in [9.17, 15) is 33.9 Å². The first kappa shape index (κ1) is 39.9. The molecule has 3 rings (SSSR count). The Balaban J connectivity index is 2.01. The number of aliphatic carboxylic acids is 1. The van der Waals surface area contributed by atoms with Crippen LogP contribution in [0.2, 0.25) is 0 Å². The van der Waals surface area contributed by atoms with Gasteiger partial charge in [0.05, 0.1) is 12.3 Å². The third-order valence-corrected chi connectivity index (χ3v) is 7.39. The molecular weight excluding hydrogens is 656 g/mol. The Labute approximate surface area is 297 Å². The maximum absolute atomic E-state index is 14.1. The molecule has 0 radical (unpaired) electrons. The molecule has 2 N–H and O–H groups in total. The molecule has 0 saturated carbocycles. The molecule has 0 bridgehead atoms. The number of carbonyl (C=O) groups excluding carboxylic acids is 5. The van der Waals surface area contributed by atoms with Gasteiger partial charge in [0.1, 0.15) is 22.9 Å². The number of hydrogen-bond acceptors (Lipinski definition) is 9. The van der Waals surface area contributed by atoms with Gasteiger partial charge in [-0.2, -0.15) is 0 Å². The van der Waals surface area contributed by atoms with Crippen LogP contribution in [0, 0.1) is 11.8 Å². The number of nitrogens with zero attached hydrogens (tertiary/aromatic N) is 1. The second kappa shape index (κ2) is 17.4. The van der Waals surface area contributed by atoms with Crippen LogP contribution in [-0.4, -0.2) is 69.3 Å². The second-order valence-electron chi connectivity index (χ2n) is 14.0. The maximum atomic E-state index is 14.1. The highest BCUT2D eigenvalue weighted by Gasteiger charge is 2.42. The molecule has 1 heterocycles. The minimum Gasteiger partial charge on any atom is -0.481 e. The highest BCUT2D eigenvalue weighted by molar-refractivity contribution is 6.40. The molecule has 2 amide bonds. The summed E-state index contributed by atoms with van der Waals surface area (Å²) in [5.74, 6) is -9.22. The molecule has 0 aliphatic rings. The molecule has 2 aromatic carbocycles. The van der Waals surface area contributed by atoms with Crippen molar-refractivity contribution in [3.8, 4) is 0 Å². The summed E-state index contributed by atoms with van der Waals surface area (Å²) in [4.78, 5) is 80.3. The summed E-state index contributed by atoms with van der Waals surface area (Å²) >= 11 is 0. The van der Waals surface area contributed by atoms with Crippen LogP contribution in [-0.2, 0) is 39.9 Å². The molecule has 272 valence electrons. The molecule has 0 fully saturated rings. The van der Waals surface area contributed by atoms with Crippen molar-refractivity contribution in [2.75, 3.05) is 11.9 Å². The SMILES string of the molecule is CC(C(Cc1ccc(C(=O)Nc2ccccc2)o1)C(=O)OC(C)(C)C)N(CC=Cc1ccccc1)C(=O)C(=O)C(CC(=O)O)C(=O)OC(C)(C)C. The summed E-state index contributed by atoms with van der Waals surface area (Å²) in [5.41, 5.74) is -0.651. The number of ether oxygens (including phenoxy) is 2. The lowest BCUT2D eigenvalue weighted by molar-refractivity contribution is -0.169. The van der Waals surface area contributed by atoms with E-state index in [1.165, 1.54) is 12.1 Å². The summed E-state index contributed by atoms with van der Waals surface area (Å²) in [6.07, 6.45) is 2.21. The number of esters is 2. The lowest BCUT2D eigenvalue weighted by Gasteiger charge is -2.34. The van der Waals surface area contributed by atoms with E-state index >= 15 is 0 Å². The Morgan fingerprint density at radius 3 is 1.96 bits per heavy atom. The lowest BCUT2D eigenvalue weighted by atomic mass is 9.92. The molecule has 3 atom stereocenters. The van der Waals surface area contributed by atoms with E-state index in [0.717, 1.165) is 10.5 Å². The standard InChI is InChI=1S/C39H46N2O10/c1-25(29(36(47)50-38(2,3)4)23-28-20-21-31(49-28)34(45)40-27-18-12-9-13-19-27)41(22-14-17-26-15-10-8-11-16-26)35(46)33(44)30(24-32(42)43)37(48)51-39(5,6)7/h8-21,25,29-30H,22-24H2,1-7H3,(H,40,45)(H,42,43). The van der Waals surface area contributed by atoms with Crippen LogP contribution in [0.5, 0.6) is 0 Å². The maximum Gasteiger partial charge on any atom is 0.318 e. The molecule has 0 saturated heterocycles. The number of nitrogens with one attached hydrogen (secondary N) is 1. The first-order valence-corrected chi connectivity index (χ1v) is 16.5. The van der Waals surface area contributed by atoms with Crippen LogP contribution in [0.4, 0.5) is 5.69 Å². The fraction of sp³-hybridized carbons (Fsp3) is 0.385. The van der Waals surface area contributed by atoms with Gasteiger partial charge in [0.2, 0.25) is 5.78 Å². The number of amides is 2. The smallest absolute Gasteiger partial charge is 0.318 e. The zero-order valence-electron chi connectivity index (χ0n) is 30.0. The van der Waals surface area contributed by atoms with E-state index in [4.69, 9.17) is 13.9 Å². The van der Waals surface area contributed by atoms with E-state index in [2.05, 4.69) is 5.32 Å². The van der Waals surface area contributed by atoms with Gasteiger partial charge in [0.25, 0.3) is 11.8 Å². The van der Waals surface area contributed by atoms with Crippen molar-refractivity contribution < 1.29 is 47.8 Å². The number of carboxylic acids is 1. The molecule has 1 aromatic heterocycles. The Morgan fingerprint density at radius 1 is 0.824 bits per heavy atom. The van der Waals surface area contributed by atoms with Crippen LogP contribution >= 0.6 is 0 Å². The Hall–Kier alpha value is -5.52. The van der Waals surface area contributed by atoms with Gasteiger partial charge in [-0.3, -0.25) is 28.8 Å². The third kappa shape index (κ3) is 12.7. The number of benzene rings is 2. The first-order valence-electron chi connectivity index (χ1n) is 16.5. The Bertz CT molecular complexity index is 1720. The second-order valence-corrected chi connectivity index (χ2v) is 14.0. The van der Waals surface area contributed by atoms with Crippen molar-refractivity contribution in [3.63, 3.8) is 0 Å². The Morgan fingerprint density at radius 2 is 1.39 bits per heavy atom. The van der Waals surface area contributed by atoms with Gasteiger partial charge in [-0.15, -0.1) is 0 Å². The van der Waals surface area contributed by atoms with E-state index in [1.807, 2.05) is 36.4 Å². The fourth-order valence-corrected chi connectivity index (χ4v) is 5.01. The van der Waals surface area contributed by atoms with Gasteiger partial charge in [-0.25, -0.2) is 0 Å². The van der Waals surface area contributed by atoms with E-state index in [-0.39, 0.29) is 24.5 Å². The summed E-state index contributed by atoms with van der Waals surface area (Å²) in [6, 6.07) is 19.8. The van der Waals surface area contributed by atoms with Crippen molar-refractivity contribution in [2.24, 2.45) is 11.8 Å². The van der Waals surface area contributed by atoms with Crippen molar-refractivity contribution in [2.45, 2.75) is 78.6 Å². The molecule has 0 spiro atoms. The van der Waals surface area contributed by atoms with Crippen molar-refractivity contribution in [1.82, 2.24) is 4.90 Å². The Kier molecular flexibility index (Phi) is 13.6.